The van der Waals surface area contributed by atoms with Crippen molar-refractivity contribution in [3.63, 3.8) is 0 Å². The molecule has 8 aromatic rings. The van der Waals surface area contributed by atoms with Crippen LogP contribution in [0.15, 0.2) is 186 Å². The summed E-state index contributed by atoms with van der Waals surface area (Å²) in [6.07, 6.45) is 12.3. The number of fused-ring (bicyclic) bond motifs is 5. The number of nitrogens with zero attached hydrogens (tertiary/aromatic N) is 2. The second-order valence-electron chi connectivity index (χ2n) is 14.6. The molecule has 0 fully saturated rings. The van der Waals surface area contributed by atoms with Crippen molar-refractivity contribution < 1.29 is 4.42 Å². The van der Waals surface area contributed by atoms with Crippen LogP contribution < -0.4 is 4.90 Å². The van der Waals surface area contributed by atoms with Gasteiger partial charge in [0.2, 0.25) is 0 Å². The first-order chi connectivity index (χ1) is 25.5. The lowest BCUT2D eigenvalue weighted by Crippen LogP contribution is -2.17. The molecular weight excluding hydrogens is 633 g/mol. The second-order valence-corrected chi connectivity index (χ2v) is 14.6. The third kappa shape index (κ3) is 5.04. The summed E-state index contributed by atoms with van der Waals surface area (Å²) in [6.45, 7) is 4.69. The van der Waals surface area contributed by atoms with Crippen LogP contribution in [-0.2, 0) is 5.41 Å². The number of hydrogen-bond donors (Lipinski definition) is 0. The summed E-state index contributed by atoms with van der Waals surface area (Å²) in [4.78, 5) is 2.37. The Morgan fingerprint density at radius 1 is 0.654 bits per heavy atom. The first-order valence-corrected chi connectivity index (χ1v) is 18.2. The van der Waals surface area contributed by atoms with Gasteiger partial charge in [0.1, 0.15) is 11.3 Å². The Morgan fingerprint density at radius 3 is 2.13 bits per heavy atom. The fourth-order valence-corrected chi connectivity index (χ4v) is 8.34. The van der Waals surface area contributed by atoms with E-state index in [9.17, 15) is 0 Å². The molecule has 3 heterocycles. The highest BCUT2D eigenvalue weighted by atomic mass is 16.3. The molecule has 0 saturated carbocycles. The van der Waals surface area contributed by atoms with E-state index in [-0.39, 0.29) is 5.41 Å². The van der Waals surface area contributed by atoms with Gasteiger partial charge in [-0.2, -0.15) is 0 Å². The molecule has 3 heteroatoms. The number of para-hydroxylation sites is 1. The molecule has 10 rings (SSSR count). The molecular formula is C49H38N2O. The van der Waals surface area contributed by atoms with E-state index in [1.165, 1.54) is 50.2 Å². The fraction of sp³-hybridized carbons (Fsp3) is 0.102. The van der Waals surface area contributed by atoms with E-state index >= 15 is 0 Å². The number of hydrogen-bond acceptors (Lipinski definition) is 2. The molecule has 0 spiro atoms. The molecule has 0 bridgehead atoms. The predicted molar refractivity (Wildman–Crippen MR) is 215 cm³/mol. The maximum Gasteiger partial charge on any atom is 0.135 e. The molecule has 5 aromatic carbocycles. The van der Waals surface area contributed by atoms with E-state index in [0.29, 0.717) is 5.92 Å². The molecule has 250 valence electrons. The van der Waals surface area contributed by atoms with Crippen molar-refractivity contribution in [1.29, 1.82) is 0 Å². The van der Waals surface area contributed by atoms with Gasteiger partial charge in [0.05, 0.1) is 0 Å². The number of rotatable bonds is 6. The number of aromatic nitrogens is 1. The standard InChI is InChI=1S/C49H38N2O/c1-49(2)45-12-5-4-11-43(45)44-27-20-36(30-46(44)49)33-14-21-39(22-15-33)51(40-23-16-34(17-24-40)38-29-42-10-7-8-28-50(42)32-38)41-25-18-35(19-26-41)48-31-37-9-3-6-13-47(37)52-48/h3-16,18-32,34H,17H2,1-2H3. The van der Waals surface area contributed by atoms with Crippen molar-refractivity contribution in [2.24, 2.45) is 0 Å². The average Bonchev–Trinajstić information content (AvgIpc) is 3.89. The van der Waals surface area contributed by atoms with Crippen LogP contribution in [0.2, 0.25) is 0 Å². The smallest absolute Gasteiger partial charge is 0.135 e. The first-order valence-electron chi connectivity index (χ1n) is 18.2. The quantitative estimate of drug-likeness (QED) is 0.176. The van der Waals surface area contributed by atoms with E-state index in [2.05, 4.69) is 181 Å². The molecule has 0 amide bonds. The molecule has 1 unspecified atom stereocenters. The monoisotopic (exact) mass is 670 g/mol. The third-order valence-corrected chi connectivity index (χ3v) is 11.2. The van der Waals surface area contributed by atoms with Crippen LogP contribution in [0.1, 0.15) is 42.9 Å². The molecule has 0 radical (unpaired) electrons. The minimum Gasteiger partial charge on any atom is -0.456 e. The van der Waals surface area contributed by atoms with Gasteiger partial charge in [-0.1, -0.05) is 98.8 Å². The number of furan rings is 1. The zero-order chi connectivity index (χ0) is 34.8. The zero-order valence-electron chi connectivity index (χ0n) is 29.3. The Hall–Kier alpha value is -6.32. The van der Waals surface area contributed by atoms with Gasteiger partial charge in [0.15, 0.2) is 0 Å². The lowest BCUT2D eigenvalue weighted by molar-refractivity contribution is 0.631. The van der Waals surface area contributed by atoms with Crippen LogP contribution in [0, 0.1) is 0 Å². The minimum atomic E-state index is -0.0291. The van der Waals surface area contributed by atoms with Gasteiger partial charge < -0.3 is 13.7 Å². The average molecular weight is 671 g/mol. The summed E-state index contributed by atoms with van der Waals surface area (Å²) in [5.41, 5.74) is 15.9. The topological polar surface area (TPSA) is 20.8 Å². The van der Waals surface area contributed by atoms with Gasteiger partial charge in [-0.25, -0.2) is 0 Å². The van der Waals surface area contributed by atoms with Gasteiger partial charge in [0, 0.05) is 57.3 Å². The Kier molecular flexibility index (Phi) is 6.97. The van der Waals surface area contributed by atoms with Crippen LogP contribution >= 0.6 is 0 Å². The summed E-state index contributed by atoms with van der Waals surface area (Å²) >= 11 is 0. The molecule has 0 N–H and O–H groups in total. The van der Waals surface area contributed by atoms with E-state index in [1.54, 1.807) is 0 Å². The molecule has 2 aliphatic carbocycles. The summed E-state index contributed by atoms with van der Waals surface area (Å²) in [6, 6.07) is 52.6. The number of anilines is 2. The van der Waals surface area contributed by atoms with E-state index < -0.39 is 0 Å². The normalized spacial score (nSPS) is 15.8. The van der Waals surface area contributed by atoms with Crippen molar-refractivity contribution in [3.05, 3.63) is 199 Å². The lowest BCUT2D eigenvalue weighted by atomic mass is 9.81. The molecule has 1 atom stereocenters. The summed E-state index contributed by atoms with van der Waals surface area (Å²) in [5, 5.41) is 1.11. The van der Waals surface area contributed by atoms with Crippen molar-refractivity contribution in [1.82, 2.24) is 4.40 Å². The Bertz CT molecular complexity index is 2620. The van der Waals surface area contributed by atoms with Crippen molar-refractivity contribution in [3.8, 4) is 33.6 Å². The van der Waals surface area contributed by atoms with Crippen LogP contribution in [0.5, 0.6) is 0 Å². The van der Waals surface area contributed by atoms with Crippen molar-refractivity contribution in [2.75, 3.05) is 4.90 Å². The molecule has 52 heavy (non-hydrogen) atoms. The highest BCUT2D eigenvalue weighted by Crippen LogP contribution is 2.49. The van der Waals surface area contributed by atoms with Crippen LogP contribution in [0.4, 0.5) is 11.4 Å². The van der Waals surface area contributed by atoms with Gasteiger partial charge >= 0.3 is 0 Å². The second kappa shape index (κ2) is 11.9. The molecule has 0 aliphatic heterocycles. The zero-order valence-corrected chi connectivity index (χ0v) is 29.3. The lowest BCUT2D eigenvalue weighted by Gasteiger charge is -2.29. The van der Waals surface area contributed by atoms with Crippen LogP contribution in [0.3, 0.4) is 0 Å². The first kappa shape index (κ1) is 30.5. The van der Waals surface area contributed by atoms with E-state index in [0.717, 1.165) is 40.1 Å². The maximum atomic E-state index is 6.21. The predicted octanol–water partition coefficient (Wildman–Crippen LogP) is 13.1. The largest absolute Gasteiger partial charge is 0.456 e. The Labute approximate surface area is 304 Å². The van der Waals surface area contributed by atoms with Gasteiger partial charge in [-0.05, 0) is 124 Å². The summed E-state index contributed by atoms with van der Waals surface area (Å²) < 4.78 is 8.42. The number of allylic oxidation sites excluding steroid dienone is 3. The van der Waals surface area contributed by atoms with Crippen LogP contribution in [-0.4, -0.2) is 4.40 Å². The van der Waals surface area contributed by atoms with Crippen molar-refractivity contribution >= 4 is 27.9 Å². The Balaban J connectivity index is 0.990. The minimum absolute atomic E-state index is 0.0291. The molecule has 3 aromatic heterocycles. The van der Waals surface area contributed by atoms with Crippen LogP contribution in [0.25, 0.3) is 50.1 Å². The van der Waals surface area contributed by atoms with Gasteiger partial charge in [-0.3, -0.25) is 0 Å². The SMILES string of the molecule is CC1(C)c2ccccc2-c2ccc(-c3ccc(N(C4=CCC(c5cc6ccccn6c5)C=C4)c4ccc(-c5cc6ccccc6o5)cc4)cc3)cc21. The fourth-order valence-electron chi connectivity index (χ4n) is 8.34. The van der Waals surface area contributed by atoms with E-state index in [4.69, 9.17) is 4.42 Å². The highest BCUT2D eigenvalue weighted by molar-refractivity contribution is 5.85. The molecule has 3 nitrogen and oxygen atoms in total. The van der Waals surface area contributed by atoms with Gasteiger partial charge in [-0.15, -0.1) is 0 Å². The molecule has 2 aliphatic rings. The maximum absolute atomic E-state index is 6.21. The Morgan fingerprint density at radius 2 is 1.37 bits per heavy atom. The third-order valence-electron chi connectivity index (χ3n) is 11.2. The highest BCUT2D eigenvalue weighted by Gasteiger charge is 2.35. The van der Waals surface area contributed by atoms with Gasteiger partial charge in [0.25, 0.3) is 0 Å². The van der Waals surface area contributed by atoms with E-state index in [1.807, 2.05) is 18.2 Å². The number of pyridine rings is 1. The summed E-state index contributed by atoms with van der Waals surface area (Å²) in [5.74, 6) is 1.21. The number of benzene rings is 5. The molecule has 0 saturated heterocycles. The summed E-state index contributed by atoms with van der Waals surface area (Å²) in [7, 11) is 0. The van der Waals surface area contributed by atoms with Crippen molar-refractivity contribution in [2.45, 2.75) is 31.6 Å².